The van der Waals surface area contributed by atoms with Crippen LogP contribution in [0.2, 0.25) is 0 Å². The van der Waals surface area contributed by atoms with Gasteiger partial charge in [0.2, 0.25) is 5.91 Å². The third-order valence-corrected chi connectivity index (χ3v) is 8.22. The number of nitrogens with one attached hydrogen (secondary N) is 2. The van der Waals surface area contributed by atoms with Crippen LogP contribution in [-0.2, 0) is 36.4 Å². The van der Waals surface area contributed by atoms with Crippen molar-refractivity contribution in [3.8, 4) is 12.3 Å². The normalized spacial score (nSPS) is 32.0. The van der Waals surface area contributed by atoms with Crippen LogP contribution in [0.25, 0.3) is 0 Å². The maximum absolute atomic E-state index is 12.2. The summed E-state index contributed by atoms with van der Waals surface area (Å²) < 4.78 is 50.8. The number of hydrogen-bond donors (Lipinski definition) is 7. The molecule has 2 aliphatic rings. The summed E-state index contributed by atoms with van der Waals surface area (Å²) in [5.74, 6) is 1.66. The van der Waals surface area contributed by atoms with E-state index < -0.39 is 66.0 Å². The van der Waals surface area contributed by atoms with Gasteiger partial charge in [0.25, 0.3) is 0 Å². The van der Waals surface area contributed by atoms with Crippen LogP contribution in [0.3, 0.4) is 0 Å². The number of phosphoric acid groups is 3. The molecule has 6 atom stereocenters. The van der Waals surface area contributed by atoms with Crippen molar-refractivity contribution in [1.29, 1.82) is 0 Å². The van der Waals surface area contributed by atoms with Crippen LogP contribution in [0.15, 0.2) is 0 Å². The van der Waals surface area contributed by atoms with Gasteiger partial charge in [-0.25, -0.2) is 18.5 Å². The molecular formula is C13H22N3O14P3. The Hall–Kier alpha value is -1.21. The minimum Gasteiger partial charge on any atom is -0.390 e. The van der Waals surface area contributed by atoms with Gasteiger partial charge in [0.15, 0.2) is 0 Å². The predicted octanol–water partition coefficient (Wildman–Crippen LogP) is -1.66. The zero-order chi connectivity index (χ0) is 25.2. The lowest BCUT2D eigenvalue weighted by Gasteiger charge is -2.41. The van der Waals surface area contributed by atoms with E-state index in [1.54, 1.807) is 0 Å². The van der Waals surface area contributed by atoms with E-state index in [0.29, 0.717) is 0 Å². The van der Waals surface area contributed by atoms with Crippen molar-refractivity contribution in [3.63, 3.8) is 0 Å². The summed E-state index contributed by atoms with van der Waals surface area (Å²) >= 11 is 0. The second-order valence-corrected chi connectivity index (χ2v) is 11.5. The molecule has 0 aromatic carbocycles. The number of ether oxygens (including phenoxy) is 1. The van der Waals surface area contributed by atoms with Crippen LogP contribution in [0.4, 0.5) is 4.79 Å². The number of terminal acetylenes is 1. The Labute approximate surface area is 186 Å². The van der Waals surface area contributed by atoms with Crippen molar-refractivity contribution in [2.45, 2.75) is 37.3 Å². The van der Waals surface area contributed by atoms with Gasteiger partial charge in [0, 0.05) is 6.42 Å². The molecule has 7 N–H and O–H groups in total. The summed E-state index contributed by atoms with van der Waals surface area (Å²) in [6.07, 6.45) is 1.19. The largest absolute Gasteiger partial charge is 0.490 e. The minimum absolute atomic E-state index is 0.0167. The Morgan fingerprint density at radius 1 is 1.24 bits per heavy atom. The lowest BCUT2D eigenvalue weighted by Crippen LogP contribution is -2.70. The quantitative estimate of drug-likeness (QED) is 0.122. The average Bonchev–Trinajstić information content (AvgIpc) is 2.99. The number of carbonyl (C=O) groups excluding carboxylic acids is 2. The lowest BCUT2D eigenvalue weighted by atomic mass is 9.97. The van der Waals surface area contributed by atoms with Gasteiger partial charge in [-0.3, -0.25) is 24.9 Å². The monoisotopic (exact) mass is 537 g/mol. The van der Waals surface area contributed by atoms with E-state index in [0.717, 1.165) is 4.90 Å². The summed E-state index contributed by atoms with van der Waals surface area (Å²) in [7, 11) is -16.7. The molecule has 0 spiro atoms. The molecule has 0 aliphatic carbocycles. The molecular weight excluding hydrogens is 515 g/mol. The fourth-order valence-corrected chi connectivity index (χ4v) is 5.96. The van der Waals surface area contributed by atoms with Gasteiger partial charge in [-0.1, -0.05) is 5.92 Å². The van der Waals surface area contributed by atoms with Crippen molar-refractivity contribution >= 4 is 35.4 Å². The van der Waals surface area contributed by atoms with Crippen molar-refractivity contribution in [1.82, 2.24) is 15.5 Å². The first-order chi connectivity index (χ1) is 15.0. The predicted molar refractivity (Wildman–Crippen MR) is 105 cm³/mol. The molecule has 0 aromatic heterocycles. The number of carbonyl (C=O) groups is 2. The number of amides is 3. The van der Waals surface area contributed by atoms with Crippen molar-refractivity contribution in [2.75, 3.05) is 19.7 Å². The zero-order valence-corrected chi connectivity index (χ0v) is 19.5. The Morgan fingerprint density at radius 2 is 1.88 bits per heavy atom. The van der Waals surface area contributed by atoms with E-state index in [2.05, 4.69) is 29.7 Å². The van der Waals surface area contributed by atoms with Crippen LogP contribution in [0, 0.1) is 12.3 Å². The van der Waals surface area contributed by atoms with Crippen molar-refractivity contribution in [2.24, 2.45) is 0 Å². The topological polar surface area (TPSA) is 251 Å². The Balaban J connectivity index is 2.00. The highest BCUT2D eigenvalue weighted by Gasteiger charge is 2.48. The van der Waals surface area contributed by atoms with Gasteiger partial charge in [-0.15, -0.1) is 6.42 Å². The van der Waals surface area contributed by atoms with Crippen LogP contribution < -0.4 is 10.6 Å². The fraction of sp³-hybridized carbons (Fsp3) is 0.692. The van der Waals surface area contributed by atoms with E-state index in [1.807, 2.05) is 0 Å². The number of phosphoric ester groups is 1. The molecule has 3 amide bonds. The van der Waals surface area contributed by atoms with Gasteiger partial charge in [-0.2, -0.15) is 8.62 Å². The molecule has 188 valence electrons. The number of imide groups is 1. The van der Waals surface area contributed by atoms with E-state index in [1.165, 1.54) is 6.92 Å². The summed E-state index contributed by atoms with van der Waals surface area (Å²) in [6.45, 7) is 0.405. The molecule has 2 saturated heterocycles. The smallest absolute Gasteiger partial charge is 0.390 e. The first-order valence-electron chi connectivity index (χ1n) is 8.89. The summed E-state index contributed by atoms with van der Waals surface area (Å²) in [5.41, 5.74) is -1.28. The molecule has 2 heterocycles. The van der Waals surface area contributed by atoms with Crippen LogP contribution in [0.1, 0.15) is 13.3 Å². The van der Waals surface area contributed by atoms with Gasteiger partial charge < -0.3 is 29.4 Å². The van der Waals surface area contributed by atoms with Gasteiger partial charge >= 0.3 is 29.5 Å². The highest BCUT2D eigenvalue weighted by molar-refractivity contribution is 7.66. The number of rotatable bonds is 10. The van der Waals surface area contributed by atoms with Gasteiger partial charge in [0.05, 0.1) is 25.8 Å². The molecule has 20 heteroatoms. The lowest BCUT2D eigenvalue weighted by molar-refractivity contribution is -0.132. The second kappa shape index (κ2) is 10.2. The molecule has 0 radical (unpaired) electrons. The van der Waals surface area contributed by atoms with E-state index in [9.17, 15) is 33.3 Å². The minimum atomic E-state index is -5.70. The van der Waals surface area contributed by atoms with Crippen LogP contribution in [0.5, 0.6) is 0 Å². The fourth-order valence-electron chi connectivity index (χ4n) is 2.93. The van der Waals surface area contributed by atoms with Crippen LogP contribution in [-0.4, -0.2) is 85.2 Å². The SMILES string of the molecule is C#CCNC1(C)CN([C@H]2C[C@H](O)[C@@H](COP(=O)(O)OP(=O)(O)OP(=O)(O)O)O2)C(=O)NC1=O. The molecule has 0 aromatic rings. The summed E-state index contributed by atoms with van der Waals surface area (Å²) in [6, 6.07) is -0.828. The number of aliphatic hydroxyl groups is 1. The highest BCUT2D eigenvalue weighted by Crippen LogP contribution is 2.66. The molecule has 2 rings (SSSR count). The van der Waals surface area contributed by atoms with Gasteiger partial charge in [-0.05, 0) is 6.92 Å². The maximum atomic E-state index is 12.2. The van der Waals surface area contributed by atoms with Gasteiger partial charge in [0.1, 0.15) is 17.9 Å². The molecule has 17 nitrogen and oxygen atoms in total. The van der Waals surface area contributed by atoms with E-state index in [4.69, 9.17) is 25.8 Å². The highest BCUT2D eigenvalue weighted by atomic mass is 31.3. The number of nitrogens with zero attached hydrogens (tertiary/aromatic N) is 1. The standard InChI is InChI=1S/C13H22N3O14P3/c1-3-4-14-13(2)7-16(12(19)15-11(13)18)10-5-8(17)9(28-10)6-27-32(23,24)30-33(25,26)29-31(20,21)22/h1,8-10,14,17H,4-7H2,2H3,(H,23,24)(H,25,26)(H,15,18,19)(H2,20,21,22)/t8-,9+,10+,13?/m0/s1. The third kappa shape index (κ3) is 7.91. The Kier molecular flexibility index (Phi) is 8.65. The second-order valence-electron chi connectivity index (χ2n) is 7.10. The number of aliphatic hydroxyl groups excluding tert-OH is 1. The molecule has 2 aliphatic heterocycles. The number of hydrogen-bond acceptors (Lipinski definition) is 11. The summed E-state index contributed by atoms with van der Waals surface area (Å²) in [4.78, 5) is 61.1. The average molecular weight is 537 g/mol. The van der Waals surface area contributed by atoms with E-state index >= 15 is 0 Å². The molecule has 0 bridgehead atoms. The zero-order valence-electron chi connectivity index (χ0n) is 16.8. The first kappa shape index (κ1) is 28.0. The maximum Gasteiger partial charge on any atom is 0.490 e. The van der Waals surface area contributed by atoms with Crippen molar-refractivity contribution in [3.05, 3.63) is 0 Å². The third-order valence-electron chi connectivity index (χ3n) is 4.42. The number of urea groups is 1. The molecule has 2 fully saturated rings. The first-order valence-corrected chi connectivity index (χ1v) is 13.4. The van der Waals surface area contributed by atoms with Crippen molar-refractivity contribution < 1.29 is 65.8 Å². The summed E-state index contributed by atoms with van der Waals surface area (Å²) in [5, 5.41) is 15.1. The molecule has 33 heavy (non-hydrogen) atoms. The molecule has 0 saturated carbocycles. The van der Waals surface area contributed by atoms with Crippen LogP contribution >= 0.6 is 23.5 Å². The van der Waals surface area contributed by atoms with E-state index in [-0.39, 0.29) is 19.5 Å². The Bertz CT molecular complexity index is 964. The Morgan fingerprint density at radius 3 is 2.45 bits per heavy atom. The molecule has 3 unspecified atom stereocenters.